The molecule has 0 saturated heterocycles. The van der Waals surface area contributed by atoms with Crippen LogP contribution in [0.1, 0.15) is 12.6 Å². The van der Waals surface area contributed by atoms with Crippen molar-refractivity contribution < 1.29 is 0 Å². The lowest BCUT2D eigenvalue weighted by atomic mass is 10.2. The molecule has 0 radical (unpaired) electrons. The van der Waals surface area contributed by atoms with Gasteiger partial charge in [-0.25, -0.2) is 0 Å². The molecule has 0 aromatic carbocycles. The molecule has 1 N–H and O–H groups in total. The largest absolute Gasteiger partial charge is 0.384 e. The SMILES string of the molecule is CCNc1cncc(N(C)CCc2ccccn2)c1. The summed E-state index contributed by atoms with van der Waals surface area (Å²) in [4.78, 5) is 10.8. The van der Waals surface area contributed by atoms with Gasteiger partial charge in [-0.15, -0.1) is 0 Å². The van der Waals surface area contributed by atoms with Gasteiger partial charge < -0.3 is 10.2 Å². The van der Waals surface area contributed by atoms with Gasteiger partial charge >= 0.3 is 0 Å². The summed E-state index contributed by atoms with van der Waals surface area (Å²) < 4.78 is 0. The van der Waals surface area contributed by atoms with Crippen molar-refractivity contribution in [3.63, 3.8) is 0 Å². The third kappa shape index (κ3) is 3.95. The molecule has 0 atom stereocenters. The van der Waals surface area contributed by atoms with Crippen LogP contribution < -0.4 is 10.2 Å². The molecular formula is C15H20N4. The molecule has 2 aromatic rings. The highest BCUT2D eigenvalue weighted by Crippen LogP contribution is 2.16. The Labute approximate surface area is 114 Å². The van der Waals surface area contributed by atoms with Crippen LogP contribution >= 0.6 is 0 Å². The molecule has 2 heterocycles. The van der Waals surface area contributed by atoms with Crippen LogP contribution in [0.2, 0.25) is 0 Å². The first-order chi connectivity index (χ1) is 9.29. The molecule has 0 aliphatic rings. The highest BCUT2D eigenvalue weighted by atomic mass is 15.1. The molecule has 19 heavy (non-hydrogen) atoms. The smallest absolute Gasteiger partial charge is 0.0571 e. The first-order valence-corrected chi connectivity index (χ1v) is 6.59. The van der Waals surface area contributed by atoms with Crippen molar-refractivity contribution in [3.8, 4) is 0 Å². The second-order valence-corrected chi connectivity index (χ2v) is 4.45. The number of hydrogen-bond acceptors (Lipinski definition) is 4. The van der Waals surface area contributed by atoms with Gasteiger partial charge in [0.25, 0.3) is 0 Å². The molecule has 2 rings (SSSR count). The van der Waals surface area contributed by atoms with Crippen molar-refractivity contribution in [2.45, 2.75) is 13.3 Å². The fourth-order valence-electron chi connectivity index (χ4n) is 1.89. The standard InChI is InChI=1S/C15H20N4/c1-3-17-14-10-15(12-16-11-14)19(2)9-7-13-6-4-5-8-18-13/h4-6,8,10-12,17H,3,7,9H2,1-2H3. The monoisotopic (exact) mass is 256 g/mol. The molecule has 0 unspecified atom stereocenters. The van der Waals surface area contributed by atoms with Gasteiger partial charge in [0, 0.05) is 38.4 Å². The Kier molecular flexibility index (Phi) is 4.72. The Morgan fingerprint density at radius 2 is 2.16 bits per heavy atom. The Balaban J connectivity index is 1.95. The lowest BCUT2D eigenvalue weighted by Crippen LogP contribution is -2.20. The topological polar surface area (TPSA) is 41.1 Å². The quantitative estimate of drug-likeness (QED) is 0.862. The number of aromatic nitrogens is 2. The lowest BCUT2D eigenvalue weighted by molar-refractivity contribution is 0.850. The van der Waals surface area contributed by atoms with E-state index in [-0.39, 0.29) is 0 Å². The summed E-state index contributed by atoms with van der Waals surface area (Å²) in [6, 6.07) is 8.14. The molecule has 4 heteroatoms. The number of pyridine rings is 2. The predicted molar refractivity (Wildman–Crippen MR) is 79.6 cm³/mol. The number of likely N-dealkylation sites (N-methyl/N-ethyl adjacent to an activating group) is 1. The molecule has 0 bridgehead atoms. The van der Waals surface area contributed by atoms with Crippen LogP contribution in [0.4, 0.5) is 11.4 Å². The van der Waals surface area contributed by atoms with E-state index in [4.69, 9.17) is 0 Å². The van der Waals surface area contributed by atoms with Gasteiger partial charge in [-0.3, -0.25) is 9.97 Å². The van der Waals surface area contributed by atoms with Crippen molar-refractivity contribution in [1.82, 2.24) is 9.97 Å². The van der Waals surface area contributed by atoms with Crippen molar-refractivity contribution in [2.75, 3.05) is 30.4 Å². The maximum Gasteiger partial charge on any atom is 0.0571 e. The third-order valence-corrected chi connectivity index (χ3v) is 2.97. The van der Waals surface area contributed by atoms with E-state index in [9.17, 15) is 0 Å². The maximum atomic E-state index is 4.34. The molecule has 4 nitrogen and oxygen atoms in total. The summed E-state index contributed by atoms with van der Waals surface area (Å²) in [6.07, 6.45) is 6.50. The first kappa shape index (κ1) is 13.3. The van der Waals surface area contributed by atoms with E-state index in [1.165, 1.54) is 0 Å². The number of rotatable bonds is 6. The van der Waals surface area contributed by atoms with Crippen LogP contribution in [0, 0.1) is 0 Å². The Bertz CT molecular complexity index is 499. The summed E-state index contributed by atoms with van der Waals surface area (Å²) >= 11 is 0. The van der Waals surface area contributed by atoms with E-state index in [0.717, 1.165) is 36.6 Å². The van der Waals surface area contributed by atoms with Crippen LogP contribution in [0.5, 0.6) is 0 Å². The van der Waals surface area contributed by atoms with E-state index in [0.29, 0.717) is 0 Å². The van der Waals surface area contributed by atoms with Gasteiger partial charge in [0.1, 0.15) is 0 Å². The first-order valence-electron chi connectivity index (χ1n) is 6.59. The third-order valence-electron chi connectivity index (χ3n) is 2.97. The summed E-state index contributed by atoms with van der Waals surface area (Å²) in [5, 5.41) is 3.28. The van der Waals surface area contributed by atoms with Crippen molar-refractivity contribution in [3.05, 3.63) is 48.5 Å². The summed E-state index contributed by atoms with van der Waals surface area (Å²) in [6.45, 7) is 3.91. The number of nitrogens with zero attached hydrogens (tertiary/aromatic N) is 3. The van der Waals surface area contributed by atoms with Gasteiger partial charge in [-0.05, 0) is 25.1 Å². The van der Waals surface area contributed by atoms with Gasteiger partial charge in [0.15, 0.2) is 0 Å². The van der Waals surface area contributed by atoms with E-state index in [1.54, 1.807) is 0 Å². The molecular weight excluding hydrogens is 236 g/mol. The average molecular weight is 256 g/mol. The van der Waals surface area contributed by atoms with Crippen LogP contribution in [-0.2, 0) is 6.42 Å². The van der Waals surface area contributed by atoms with Crippen LogP contribution in [0.15, 0.2) is 42.9 Å². The van der Waals surface area contributed by atoms with Crippen molar-refractivity contribution in [1.29, 1.82) is 0 Å². The molecule has 2 aromatic heterocycles. The number of anilines is 2. The van der Waals surface area contributed by atoms with E-state index < -0.39 is 0 Å². The highest BCUT2D eigenvalue weighted by Gasteiger charge is 2.03. The maximum absolute atomic E-state index is 4.34. The minimum absolute atomic E-state index is 0.906. The van der Waals surface area contributed by atoms with Crippen molar-refractivity contribution >= 4 is 11.4 Å². The zero-order valence-electron chi connectivity index (χ0n) is 11.5. The van der Waals surface area contributed by atoms with Gasteiger partial charge in [0.05, 0.1) is 23.8 Å². The molecule has 100 valence electrons. The summed E-state index contributed by atoms with van der Waals surface area (Å²) in [7, 11) is 2.08. The molecule has 0 spiro atoms. The van der Waals surface area contributed by atoms with E-state index in [1.807, 2.05) is 30.7 Å². The lowest BCUT2D eigenvalue weighted by Gasteiger charge is -2.19. The zero-order chi connectivity index (χ0) is 13.5. The zero-order valence-corrected chi connectivity index (χ0v) is 11.5. The van der Waals surface area contributed by atoms with Gasteiger partial charge in [-0.1, -0.05) is 6.07 Å². The van der Waals surface area contributed by atoms with E-state index >= 15 is 0 Å². The van der Waals surface area contributed by atoms with Crippen molar-refractivity contribution in [2.24, 2.45) is 0 Å². The minimum Gasteiger partial charge on any atom is -0.384 e. The molecule has 0 fully saturated rings. The predicted octanol–water partition coefficient (Wildman–Crippen LogP) is 2.59. The fraction of sp³-hybridized carbons (Fsp3) is 0.333. The summed E-state index contributed by atoms with van der Waals surface area (Å²) in [5.41, 5.74) is 3.30. The van der Waals surface area contributed by atoms with Crippen LogP contribution in [-0.4, -0.2) is 30.1 Å². The average Bonchev–Trinajstić information content (AvgIpc) is 2.46. The van der Waals surface area contributed by atoms with Crippen LogP contribution in [0.3, 0.4) is 0 Å². The second-order valence-electron chi connectivity index (χ2n) is 4.45. The summed E-state index contributed by atoms with van der Waals surface area (Å²) in [5.74, 6) is 0. The number of hydrogen-bond donors (Lipinski definition) is 1. The number of nitrogens with one attached hydrogen (secondary N) is 1. The normalized spacial score (nSPS) is 10.2. The second kappa shape index (κ2) is 6.73. The van der Waals surface area contributed by atoms with Gasteiger partial charge in [0.2, 0.25) is 0 Å². The Morgan fingerprint density at radius 3 is 2.89 bits per heavy atom. The molecule has 0 amide bonds. The molecule has 0 aliphatic carbocycles. The Morgan fingerprint density at radius 1 is 1.26 bits per heavy atom. The minimum atomic E-state index is 0.906. The van der Waals surface area contributed by atoms with E-state index in [2.05, 4.69) is 46.3 Å². The fourth-order valence-corrected chi connectivity index (χ4v) is 1.89. The molecule has 0 saturated carbocycles. The Hall–Kier alpha value is -2.10. The molecule has 0 aliphatic heterocycles. The highest BCUT2D eigenvalue weighted by molar-refractivity contribution is 5.55. The van der Waals surface area contributed by atoms with Gasteiger partial charge in [-0.2, -0.15) is 0 Å². The van der Waals surface area contributed by atoms with Crippen LogP contribution in [0.25, 0.3) is 0 Å².